The minimum Gasteiger partial charge on any atom is -0.478 e. The van der Waals surface area contributed by atoms with E-state index in [-0.39, 0.29) is 28.6 Å². The van der Waals surface area contributed by atoms with Gasteiger partial charge in [0.25, 0.3) is 0 Å². The molecular weight excluding hydrogens is 290 g/mol. The number of rotatable bonds is 5. The van der Waals surface area contributed by atoms with Crippen molar-refractivity contribution < 1.29 is 14.7 Å². The predicted molar refractivity (Wildman–Crippen MR) is 81.8 cm³/mol. The molecular formula is C16H14ClNO3. The molecule has 0 radical (unpaired) electrons. The van der Waals surface area contributed by atoms with Crippen LogP contribution in [0.4, 0.5) is 5.69 Å². The summed E-state index contributed by atoms with van der Waals surface area (Å²) in [7, 11) is 0. The first kappa shape index (κ1) is 15.1. The van der Waals surface area contributed by atoms with Crippen molar-refractivity contribution in [3.8, 4) is 0 Å². The molecule has 1 amide bonds. The lowest BCUT2D eigenvalue weighted by atomic mass is 10.1. The number of hydrogen-bond donors (Lipinski definition) is 2. The number of aryl methyl sites for hydroxylation is 1. The van der Waals surface area contributed by atoms with E-state index in [9.17, 15) is 9.59 Å². The van der Waals surface area contributed by atoms with Gasteiger partial charge in [-0.15, -0.1) is 0 Å². The summed E-state index contributed by atoms with van der Waals surface area (Å²) in [6, 6.07) is 14.2. The highest BCUT2D eigenvalue weighted by atomic mass is 35.5. The molecule has 2 aromatic rings. The van der Waals surface area contributed by atoms with Gasteiger partial charge in [0, 0.05) is 6.42 Å². The average Bonchev–Trinajstić information content (AvgIpc) is 2.46. The number of aromatic carboxylic acids is 1. The maximum atomic E-state index is 11.9. The number of benzene rings is 2. The number of carboxylic acid groups (broad SMARTS) is 1. The monoisotopic (exact) mass is 303 g/mol. The van der Waals surface area contributed by atoms with Crippen molar-refractivity contribution >= 4 is 29.2 Å². The Bertz CT molecular complexity index is 656. The molecule has 4 nitrogen and oxygen atoms in total. The SMILES string of the molecule is O=C(CCc1ccccc1)Nc1cccc(Cl)c1C(=O)O. The molecule has 0 unspecified atom stereocenters. The summed E-state index contributed by atoms with van der Waals surface area (Å²) >= 11 is 5.85. The molecule has 0 aliphatic heterocycles. The number of anilines is 1. The van der Waals surface area contributed by atoms with Gasteiger partial charge in [-0.05, 0) is 24.1 Å². The van der Waals surface area contributed by atoms with Crippen LogP contribution in [-0.4, -0.2) is 17.0 Å². The third-order valence-corrected chi connectivity index (χ3v) is 3.30. The van der Waals surface area contributed by atoms with E-state index in [0.717, 1.165) is 5.56 Å². The molecule has 2 rings (SSSR count). The molecule has 2 N–H and O–H groups in total. The average molecular weight is 304 g/mol. The van der Waals surface area contributed by atoms with Crippen molar-refractivity contribution in [1.82, 2.24) is 0 Å². The standard InChI is InChI=1S/C16H14ClNO3/c17-12-7-4-8-13(15(12)16(20)21)18-14(19)10-9-11-5-2-1-3-6-11/h1-8H,9-10H2,(H,18,19)(H,20,21). The fourth-order valence-corrected chi connectivity index (χ4v) is 2.22. The minimum atomic E-state index is -1.17. The van der Waals surface area contributed by atoms with Crippen molar-refractivity contribution in [2.45, 2.75) is 12.8 Å². The maximum Gasteiger partial charge on any atom is 0.339 e. The minimum absolute atomic E-state index is 0.0905. The van der Waals surface area contributed by atoms with E-state index in [4.69, 9.17) is 16.7 Å². The summed E-state index contributed by atoms with van der Waals surface area (Å²) in [4.78, 5) is 23.1. The van der Waals surface area contributed by atoms with Crippen LogP contribution in [0, 0.1) is 0 Å². The summed E-state index contributed by atoms with van der Waals surface area (Å²) in [6.07, 6.45) is 0.866. The molecule has 0 heterocycles. The number of carbonyl (C=O) groups is 2. The van der Waals surface area contributed by atoms with Gasteiger partial charge in [-0.25, -0.2) is 4.79 Å². The van der Waals surface area contributed by atoms with Crippen LogP contribution in [0.15, 0.2) is 48.5 Å². The van der Waals surface area contributed by atoms with Crippen LogP contribution in [0.2, 0.25) is 5.02 Å². The molecule has 0 atom stereocenters. The highest BCUT2D eigenvalue weighted by Crippen LogP contribution is 2.24. The smallest absolute Gasteiger partial charge is 0.339 e. The van der Waals surface area contributed by atoms with Gasteiger partial charge in [0.05, 0.1) is 10.7 Å². The number of hydrogen-bond acceptors (Lipinski definition) is 2. The van der Waals surface area contributed by atoms with Crippen LogP contribution in [0.5, 0.6) is 0 Å². The van der Waals surface area contributed by atoms with Crippen molar-refractivity contribution in [2.75, 3.05) is 5.32 Å². The quantitative estimate of drug-likeness (QED) is 0.886. The van der Waals surface area contributed by atoms with Gasteiger partial charge in [0.1, 0.15) is 5.56 Å². The van der Waals surface area contributed by atoms with Gasteiger partial charge in [0.15, 0.2) is 0 Å². The van der Waals surface area contributed by atoms with Crippen LogP contribution in [0.1, 0.15) is 22.3 Å². The second kappa shape index (κ2) is 6.90. The molecule has 0 spiro atoms. The Morgan fingerprint density at radius 3 is 2.43 bits per heavy atom. The maximum absolute atomic E-state index is 11.9. The number of carboxylic acids is 1. The van der Waals surface area contributed by atoms with E-state index in [1.54, 1.807) is 6.07 Å². The van der Waals surface area contributed by atoms with Gasteiger partial charge in [-0.3, -0.25) is 4.79 Å². The lowest BCUT2D eigenvalue weighted by Gasteiger charge is -2.09. The molecule has 21 heavy (non-hydrogen) atoms. The fourth-order valence-electron chi connectivity index (χ4n) is 1.96. The molecule has 0 aliphatic carbocycles. The first-order valence-electron chi connectivity index (χ1n) is 6.43. The lowest BCUT2D eigenvalue weighted by molar-refractivity contribution is -0.116. The van der Waals surface area contributed by atoms with Crippen LogP contribution in [0.3, 0.4) is 0 Å². The van der Waals surface area contributed by atoms with Crippen LogP contribution >= 0.6 is 11.6 Å². The second-order valence-electron chi connectivity index (χ2n) is 4.50. The zero-order valence-electron chi connectivity index (χ0n) is 11.2. The van der Waals surface area contributed by atoms with E-state index in [1.807, 2.05) is 30.3 Å². The lowest BCUT2D eigenvalue weighted by Crippen LogP contribution is -2.15. The summed E-state index contributed by atoms with van der Waals surface area (Å²) in [5.41, 5.74) is 1.18. The fraction of sp³-hybridized carbons (Fsp3) is 0.125. The zero-order chi connectivity index (χ0) is 15.2. The number of nitrogens with one attached hydrogen (secondary N) is 1. The van der Waals surface area contributed by atoms with Gasteiger partial charge in [0.2, 0.25) is 5.91 Å². The third-order valence-electron chi connectivity index (χ3n) is 2.99. The zero-order valence-corrected chi connectivity index (χ0v) is 11.9. The molecule has 0 saturated heterocycles. The van der Waals surface area contributed by atoms with Gasteiger partial charge in [-0.2, -0.15) is 0 Å². The van der Waals surface area contributed by atoms with Gasteiger partial charge in [-0.1, -0.05) is 48.0 Å². The van der Waals surface area contributed by atoms with E-state index in [2.05, 4.69) is 5.32 Å². The van der Waals surface area contributed by atoms with E-state index in [1.165, 1.54) is 12.1 Å². The Morgan fingerprint density at radius 2 is 1.76 bits per heavy atom. The summed E-state index contributed by atoms with van der Waals surface area (Å²) < 4.78 is 0. The first-order chi connectivity index (χ1) is 10.1. The molecule has 0 bridgehead atoms. The van der Waals surface area contributed by atoms with E-state index in [0.29, 0.717) is 6.42 Å². The van der Waals surface area contributed by atoms with Crippen molar-refractivity contribution in [1.29, 1.82) is 0 Å². The van der Waals surface area contributed by atoms with Crippen LogP contribution < -0.4 is 5.32 Å². The molecule has 0 aromatic heterocycles. The number of carbonyl (C=O) groups excluding carboxylic acids is 1. The van der Waals surface area contributed by atoms with Crippen molar-refractivity contribution in [3.63, 3.8) is 0 Å². The highest BCUT2D eigenvalue weighted by molar-refractivity contribution is 6.34. The van der Waals surface area contributed by atoms with Crippen molar-refractivity contribution in [2.24, 2.45) is 0 Å². The Kier molecular flexibility index (Phi) is 4.95. The molecule has 108 valence electrons. The second-order valence-corrected chi connectivity index (χ2v) is 4.91. The van der Waals surface area contributed by atoms with E-state index >= 15 is 0 Å². The molecule has 5 heteroatoms. The van der Waals surface area contributed by atoms with Crippen LogP contribution in [0.25, 0.3) is 0 Å². The van der Waals surface area contributed by atoms with E-state index < -0.39 is 5.97 Å². The highest BCUT2D eigenvalue weighted by Gasteiger charge is 2.15. The van der Waals surface area contributed by atoms with Crippen LogP contribution in [-0.2, 0) is 11.2 Å². The summed E-state index contributed by atoms with van der Waals surface area (Å²) in [5.74, 6) is -1.41. The largest absolute Gasteiger partial charge is 0.478 e. The van der Waals surface area contributed by atoms with Crippen molar-refractivity contribution in [3.05, 3.63) is 64.7 Å². The molecule has 0 saturated carbocycles. The Hall–Kier alpha value is -2.33. The molecule has 0 fully saturated rings. The van der Waals surface area contributed by atoms with Gasteiger partial charge >= 0.3 is 5.97 Å². The predicted octanol–water partition coefficient (Wildman–Crippen LogP) is 3.61. The Morgan fingerprint density at radius 1 is 1.05 bits per heavy atom. The normalized spacial score (nSPS) is 10.1. The molecule has 0 aliphatic rings. The summed E-state index contributed by atoms with van der Waals surface area (Å²) in [6.45, 7) is 0. The third kappa shape index (κ3) is 4.07. The molecule has 2 aromatic carbocycles. The Balaban J connectivity index is 2.03. The number of amides is 1. The number of halogens is 1. The topological polar surface area (TPSA) is 66.4 Å². The Labute approximate surface area is 127 Å². The first-order valence-corrected chi connectivity index (χ1v) is 6.81. The summed E-state index contributed by atoms with van der Waals surface area (Å²) in [5, 5.41) is 11.8. The van der Waals surface area contributed by atoms with Gasteiger partial charge < -0.3 is 10.4 Å².